The number of halogens is 1. The number of hydrogen-bond donors (Lipinski definition) is 1. The third kappa shape index (κ3) is 3.20. The van der Waals surface area contributed by atoms with Crippen LogP contribution in [0.4, 0.5) is 4.39 Å². The molecule has 0 saturated heterocycles. The Morgan fingerprint density at radius 3 is 2.74 bits per heavy atom. The number of carbonyl (C=O) groups is 1. The van der Waals surface area contributed by atoms with Gasteiger partial charge >= 0.3 is 5.97 Å². The highest BCUT2D eigenvalue weighted by Crippen LogP contribution is 2.15. The minimum absolute atomic E-state index is 0.139. The lowest BCUT2D eigenvalue weighted by Crippen LogP contribution is -2.19. The summed E-state index contributed by atoms with van der Waals surface area (Å²) >= 11 is 0. The molecule has 2 rings (SSSR count). The molecule has 19 heavy (non-hydrogen) atoms. The van der Waals surface area contributed by atoms with E-state index in [1.165, 1.54) is 18.4 Å². The summed E-state index contributed by atoms with van der Waals surface area (Å²) in [4.78, 5) is 12.7. The molecular formula is C14H14FNO3. The SMILES string of the molecule is CN(Cc1ccccc1F)Cc1occc1C(=O)O. The Labute approximate surface area is 110 Å². The van der Waals surface area contributed by atoms with E-state index in [1.54, 1.807) is 30.1 Å². The van der Waals surface area contributed by atoms with Gasteiger partial charge in [-0.1, -0.05) is 18.2 Å². The smallest absolute Gasteiger partial charge is 0.339 e. The van der Waals surface area contributed by atoms with Gasteiger partial charge in [0.15, 0.2) is 0 Å². The van der Waals surface area contributed by atoms with E-state index < -0.39 is 5.97 Å². The number of nitrogens with zero attached hydrogens (tertiary/aromatic N) is 1. The Kier molecular flexibility index (Phi) is 3.97. The van der Waals surface area contributed by atoms with Crippen molar-refractivity contribution in [3.8, 4) is 0 Å². The molecule has 1 N–H and O–H groups in total. The Hall–Kier alpha value is -2.14. The summed E-state index contributed by atoms with van der Waals surface area (Å²) in [5.74, 6) is -0.929. The molecule has 0 aliphatic heterocycles. The van der Waals surface area contributed by atoms with E-state index >= 15 is 0 Å². The van der Waals surface area contributed by atoms with E-state index in [2.05, 4.69) is 0 Å². The number of carboxylic acids is 1. The number of benzene rings is 1. The van der Waals surface area contributed by atoms with E-state index in [-0.39, 0.29) is 11.4 Å². The standard InChI is InChI=1S/C14H14FNO3/c1-16(8-10-4-2-3-5-12(10)15)9-13-11(14(17)18)6-7-19-13/h2-7H,8-9H2,1H3,(H,17,18). The van der Waals surface area contributed by atoms with Gasteiger partial charge in [-0.25, -0.2) is 9.18 Å². The normalized spacial score (nSPS) is 10.9. The minimum atomic E-state index is -1.02. The molecule has 0 amide bonds. The van der Waals surface area contributed by atoms with Gasteiger partial charge in [0.25, 0.3) is 0 Å². The van der Waals surface area contributed by atoms with Crippen LogP contribution in [-0.4, -0.2) is 23.0 Å². The Morgan fingerprint density at radius 1 is 1.32 bits per heavy atom. The van der Waals surface area contributed by atoms with E-state index in [9.17, 15) is 9.18 Å². The summed E-state index contributed by atoms with van der Waals surface area (Å²) in [6.07, 6.45) is 1.34. The van der Waals surface area contributed by atoms with E-state index in [0.29, 0.717) is 24.4 Å². The van der Waals surface area contributed by atoms with Crippen LogP contribution in [0.25, 0.3) is 0 Å². The maximum absolute atomic E-state index is 13.5. The third-order valence-corrected chi connectivity index (χ3v) is 2.79. The summed E-state index contributed by atoms with van der Waals surface area (Å²) in [6, 6.07) is 7.91. The van der Waals surface area contributed by atoms with E-state index in [4.69, 9.17) is 9.52 Å². The zero-order chi connectivity index (χ0) is 13.8. The van der Waals surface area contributed by atoms with Crippen molar-refractivity contribution in [2.75, 3.05) is 7.05 Å². The van der Waals surface area contributed by atoms with Crippen molar-refractivity contribution in [3.63, 3.8) is 0 Å². The van der Waals surface area contributed by atoms with Gasteiger partial charge in [0.2, 0.25) is 0 Å². The fourth-order valence-electron chi connectivity index (χ4n) is 1.87. The van der Waals surface area contributed by atoms with Gasteiger partial charge < -0.3 is 9.52 Å². The number of furan rings is 1. The van der Waals surface area contributed by atoms with E-state index in [1.807, 2.05) is 0 Å². The summed E-state index contributed by atoms with van der Waals surface area (Å²) in [5.41, 5.74) is 0.703. The van der Waals surface area contributed by atoms with Gasteiger partial charge in [0, 0.05) is 12.1 Å². The molecule has 0 aliphatic rings. The van der Waals surface area contributed by atoms with Gasteiger partial charge in [0.1, 0.15) is 17.1 Å². The van der Waals surface area contributed by atoms with Crippen LogP contribution in [0.15, 0.2) is 41.0 Å². The monoisotopic (exact) mass is 263 g/mol. The first-order chi connectivity index (χ1) is 9.08. The summed E-state index contributed by atoms with van der Waals surface area (Å²) in [7, 11) is 1.78. The molecule has 0 bridgehead atoms. The van der Waals surface area contributed by atoms with Crippen LogP contribution in [-0.2, 0) is 13.1 Å². The molecule has 0 unspecified atom stereocenters. The van der Waals surface area contributed by atoms with Crippen LogP contribution in [0.3, 0.4) is 0 Å². The van der Waals surface area contributed by atoms with Gasteiger partial charge in [-0.2, -0.15) is 0 Å². The van der Waals surface area contributed by atoms with Crippen molar-refractivity contribution in [1.29, 1.82) is 0 Å². The van der Waals surface area contributed by atoms with Gasteiger partial charge in [-0.15, -0.1) is 0 Å². The molecule has 0 radical (unpaired) electrons. The fraction of sp³-hybridized carbons (Fsp3) is 0.214. The molecule has 1 heterocycles. The zero-order valence-corrected chi connectivity index (χ0v) is 10.5. The molecule has 100 valence electrons. The molecule has 0 atom stereocenters. The highest BCUT2D eigenvalue weighted by Gasteiger charge is 2.15. The number of aromatic carboxylic acids is 1. The first-order valence-corrected chi connectivity index (χ1v) is 5.79. The zero-order valence-electron chi connectivity index (χ0n) is 10.5. The molecule has 2 aromatic rings. The average Bonchev–Trinajstić information content (AvgIpc) is 2.80. The number of rotatable bonds is 5. The Bertz CT molecular complexity index is 580. The van der Waals surface area contributed by atoms with Crippen LogP contribution in [0.2, 0.25) is 0 Å². The molecule has 0 saturated carbocycles. The second-order valence-electron chi connectivity index (χ2n) is 4.33. The highest BCUT2D eigenvalue weighted by molar-refractivity contribution is 5.88. The van der Waals surface area contributed by atoms with Crippen LogP contribution < -0.4 is 0 Å². The van der Waals surface area contributed by atoms with Crippen molar-refractivity contribution >= 4 is 5.97 Å². The number of hydrogen-bond acceptors (Lipinski definition) is 3. The van der Waals surface area contributed by atoms with Crippen molar-refractivity contribution in [2.24, 2.45) is 0 Å². The second kappa shape index (κ2) is 5.67. The summed E-state index contributed by atoms with van der Waals surface area (Å²) in [6.45, 7) is 0.690. The minimum Gasteiger partial charge on any atom is -0.478 e. The molecule has 0 aliphatic carbocycles. The van der Waals surface area contributed by atoms with Crippen molar-refractivity contribution in [3.05, 3.63) is 59.3 Å². The van der Waals surface area contributed by atoms with Crippen LogP contribution in [0.5, 0.6) is 0 Å². The van der Waals surface area contributed by atoms with Crippen LogP contribution in [0, 0.1) is 5.82 Å². The molecule has 4 nitrogen and oxygen atoms in total. The quantitative estimate of drug-likeness (QED) is 0.901. The fourth-order valence-corrected chi connectivity index (χ4v) is 1.87. The van der Waals surface area contributed by atoms with E-state index in [0.717, 1.165) is 0 Å². The average molecular weight is 263 g/mol. The lowest BCUT2D eigenvalue weighted by molar-refractivity contribution is 0.0693. The Morgan fingerprint density at radius 2 is 2.05 bits per heavy atom. The summed E-state index contributed by atoms with van der Waals surface area (Å²) < 4.78 is 18.6. The third-order valence-electron chi connectivity index (χ3n) is 2.79. The molecule has 1 aromatic heterocycles. The molecule has 1 aromatic carbocycles. The molecule has 0 fully saturated rings. The lowest BCUT2D eigenvalue weighted by Gasteiger charge is -2.16. The maximum atomic E-state index is 13.5. The first kappa shape index (κ1) is 13.3. The predicted octanol–water partition coefficient (Wildman–Crippen LogP) is 2.75. The molecule has 0 spiro atoms. The topological polar surface area (TPSA) is 53.7 Å². The largest absolute Gasteiger partial charge is 0.478 e. The Balaban J connectivity index is 2.06. The van der Waals surface area contributed by atoms with Gasteiger partial charge in [0.05, 0.1) is 12.8 Å². The van der Waals surface area contributed by atoms with Crippen molar-refractivity contribution in [2.45, 2.75) is 13.1 Å². The molecule has 5 heteroatoms. The summed E-state index contributed by atoms with van der Waals surface area (Å²) in [5, 5.41) is 8.96. The predicted molar refractivity (Wildman–Crippen MR) is 67.2 cm³/mol. The van der Waals surface area contributed by atoms with Crippen LogP contribution >= 0.6 is 0 Å². The van der Waals surface area contributed by atoms with Gasteiger partial charge in [-0.05, 0) is 19.2 Å². The second-order valence-corrected chi connectivity index (χ2v) is 4.33. The maximum Gasteiger partial charge on any atom is 0.339 e. The lowest BCUT2D eigenvalue weighted by atomic mass is 10.2. The first-order valence-electron chi connectivity index (χ1n) is 5.79. The molecular weight excluding hydrogens is 249 g/mol. The van der Waals surface area contributed by atoms with Crippen molar-refractivity contribution in [1.82, 2.24) is 4.90 Å². The van der Waals surface area contributed by atoms with Gasteiger partial charge in [-0.3, -0.25) is 4.90 Å². The van der Waals surface area contributed by atoms with Crippen LogP contribution in [0.1, 0.15) is 21.7 Å². The number of carboxylic acid groups (broad SMARTS) is 1. The highest BCUT2D eigenvalue weighted by atomic mass is 19.1. The van der Waals surface area contributed by atoms with Crippen molar-refractivity contribution < 1.29 is 18.7 Å².